The van der Waals surface area contributed by atoms with E-state index in [1.54, 1.807) is 13.1 Å². The molecule has 1 fully saturated rings. The quantitative estimate of drug-likeness (QED) is 0.510. The molecule has 0 radical (unpaired) electrons. The third-order valence-electron chi connectivity index (χ3n) is 5.13. The summed E-state index contributed by atoms with van der Waals surface area (Å²) < 4.78 is 14.1. The summed E-state index contributed by atoms with van der Waals surface area (Å²) in [6.45, 7) is 3.73. The van der Waals surface area contributed by atoms with Crippen molar-refractivity contribution >= 4 is 11.9 Å². The Morgan fingerprint density at radius 3 is 2.39 bits per heavy atom. The molecule has 0 aliphatic heterocycles. The first-order valence-corrected chi connectivity index (χ1v) is 9.64. The van der Waals surface area contributed by atoms with Gasteiger partial charge >= 0.3 is 0 Å². The van der Waals surface area contributed by atoms with Gasteiger partial charge in [-0.1, -0.05) is 30.3 Å². The van der Waals surface area contributed by atoms with E-state index in [-0.39, 0.29) is 17.1 Å². The monoisotopic (exact) mass is 382 g/mol. The molecule has 3 N–H and O–H groups in total. The van der Waals surface area contributed by atoms with E-state index >= 15 is 0 Å². The van der Waals surface area contributed by atoms with Gasteiger partial charge in [-0.3, -0.25) is 9.79 Å². The van der Waals surface area contributed by atoms with E-state index in [0.717, 1.165) is 24.0 Å². The van der Waals surface area contributed by atoms with Gasteiger partial charge in [-0.2, -0.15) is 0 Å². The van der Waals surface area contributed by atoms with Crippen molar-refractivity contribution in [1.82, 2.24) is 16.0 Å². The Morgan fingerprint density at radius 1 is 1.07 bits per heavy atom. The first-order valence-electron chi connectivity index (χ1n) is 9.64. The number of hydrogen-bond acceptors (Lipinski definition) is 2. The van der Waals surface area contributed by atoms with Crippen LogP contribution >= 0.6 is 0 Å². The minimum Gasteiger partial charge on any atom is -0.356 e. The number of hydrogen-bond donors (Lipinski definition) is 3. The Labute approximate surface area is 165 Å². The molecule has 0 bridgehead atoms. The van der Waals surface area contributed by atoms with Crippen molar-refractivity contribution < 1.29 is 9.18 Å². The van der Waals surface area contributed by atoms with Crippen molar-refractivity contribution in [3.8, 4) is 0 Å². The molecule has 1 amide bonds. The molecule has 0 saturated heterocycles. The van der Waals surface area contributed by atoms with Gasteiger partial charge in [-0.05, 0) is 49.1 Å². The molecule has 28 heavy (non-hydrogen) atoms. The standard InChI is InChI=1S/C22H27FN4O/c1-3-25-20(28)17-10-8-16(9-11-17)14-26-21(24-2)27-15-22(12-13-22)18-6-4-5-7-19(18)23/h4-11H,3,12-15H2,1-2H3,(H,25,28)(H2,24,26,27). The molecule has 0 heterocycles. The molecule has 0 spiro atoms. The summed E-state index contributed by atoms with van der Waals surface area (Å²) in [5.41, 5.74) is 2.33. The number of benzene rings is 2. The summed E-state index contributed by atoms with van der Waals surface area (Å²) in [6.07, 6.45) is 1.94. The van der Waals surface area contributed by atoms with Crippen LogP contribution in [0.25, 0.3) is 0 Å². The molecule has 6 heteroatoms. The molecule has 1 saturated carbocycles. The van der Waals surface area contributed by atoms with E-state index in [0.29, 0.717) is 31.2 Å². The second-order valence-corrected chi connectivity index (χ2v) is 7.10. The topological polar surface area (TPSA) is 65.5 Å². The lowest BCUT2D eigenvalue weighted by Crippen LogP contribution is -2.41. The largest absolute Gasteiger partial charge is 0.356 e. The van der Waals surface area contributed by atoms with Crippen LogP contribution in [0.3, 0.4) is 0 Å². The smallest absolute Gasteiger partial charge is 0.251 e. The van der Waals surface area contributed by atoms with Gasteiger partial charge in [0.15, 0.2) is 5.96 Å². The molecular formula is C22H27FN4O. The Morgan fingerprint density at radius 2 is 1.79 bits per heavy atom. The second-order valence-electron chi connectivity index (χ2n) is 7.10. The third-order valence-corrected chi connectivity index (χ3v) is 5.13. The van der Waals surface area contributed by atoms with Crippen LogP contribution in [0.15, 0.2) is 53.5 Å². The van der Waals surface area contributed by atoms with Gasteiger partial charge in [0.2, 0.25) is 0 Å². The molecule has 1 aliphatic rings. The van der Waals surface area contributed by atoms with Crippen molar-refractivity contribution in [2.24, 2.45) is 4.99 Å². The molecule has 148 valence electrons. The number of guanidine groups is 1. The maximum atomic E-state index is 14.1. The fourth-order valence-electron chi connectivity index (χ4n) is 3.28. The lowest BCUT2D eigenvalue weighted by molar-refractivity contribution is 0.0956. The van der Waals surface area contributed by atoms with Gasteiger partial charge in [0, 0.05) is 37.7 Å². The fraction of sp³-hybridized carbons (Fsp3) is 0.364. The summed E-state index contributed by atoms with van der Waals surface area (Å²) in [6, 6.07) is 14.5. The van der Waals surface area contributed by atoms with Gasteiger partial charge in [-0.25, -0.2) is 4.39 Å². The highest BCUT2D eigenvalue weighted by molar-refractivity contribution is 5.94. The number of nitrogens with zero attached hydrogens (tertiary/aromatic N) is 1. The van der Waals surface area contributed by atoms with E-state index < -0.39 is 0 Å². The van der Waals surface area contributed by atoms with Crippen LogP contribution in [0.4, 0.5) is 4.39 Å². The molecule has 0 unspecified atom stereocenters. The van der Waals surface area contributed by atoms with Crippen LogP contribution in [0, 0.1) is 5.82 Å². The van der Waals surface area contributed by atoms with Crippen molar-refractivity contribution in [1.29, 1.82) is 0 Å². The van der Waals surface area contributed by atoms with Crippen molar-refractivity contribution in [2.45, 2.75) is 31.7 Å². The number of halogens is 1. The number of amides is 1. The van der Waals surface area contributed by atoms with E-state index in [2.05, 4.69) is 20.9 Å². The Bertz CT molecular complexity index is 844. The highest BCUT2D eigenvalue weighted by Gasteiger charge is 2.45. The van der Waals surface area contributed by atoms with E-state index in [9.17, 15) is 9.18 Å². The number of nitrogens with one attached hydrogen (secondary N) is 3. The zero-order valence-electron chi connectivity index (χ0n) is 16.4. The van der Waals surface area contributed by atoms with Crippen LogP contribution in [0.5, 0.6) is 0 Å². The maximum Gasteiger partial charge on any atom is 0.251 e. The Kier molecular flexibility index (Phi) is 6.29. The molecule has 2 aromatic carbocycles. The number of carbonyl (C=O) groups excluding carboxylic acids is 1. The summed E-state index contributed by atoms with van der Waals surface area (Å²) in [5, 5.41) is 9.38. The van der Waals surface area contributed by atoms with Gasteiger partial charge in [0.05, 0.1) is 0 Å². The van der Waals surface area contributed by atoms with E-state index in [1.165, 1.54) is 6.07 Å². The highest BCUT2D eigenvalue weighted by Crippen LogP contribution is 2.48. The van der Waals surface area contributed by atoms with Crippen LogP contribution in [-0.2, 0) is 12.0 Å². The minimum atomic E-state index is -0.142. The molecule has 2 aromatic rings. The number of rotatable bonds is 7. The summed E-state index contributed by atoms with van der Waals surface area (Å²) in [7, 11) is 1.72. The third kappa shape index (κ3) is 4.68. The predicted octanol–water partition coefficient (Wildman–Crippen LogP) is 2.97. The highest BCUT2D eigenvalue weighted by atomic mass is 19.1. The zero-order chi connectivity index (χ0) is 20.0. The van der Waals surface area contributed by atoms with Gasteiger partial charge in [-0.15, -0.1) is 0 Å². The van der Waals surface area contributed by atoms with Gasteiger partial charge < -0.3 is 16.0 Å². The first kappa shape index (κ1) is 19.9. The van der Waals surface area contributed by atoms with E-state index in [1.807, 2.05) is 43.3 Å². The van der Waals surface area contributed by atoms with Crippen molar-refractivity contribution in [2.75, 3.05) is 20.1 Å². The van der Waals surface area contributed by atoms with Crippen LogP contribution in [-0.4, -0.2) is 32.0 Å². The fourth-order valence-corrected chi connectivity index (χ4v) is 3.28. The Hall–Kier alpha value is -2.89. The predicted molar refractivity (Wildman–Crippen MR) is 110 cm³/mol. The lowest BCUT2D eigenvalue weighted by Gasteiger charge is -2.19. The van der Waals surface area contributed by atoms with Crippen LogP contribution in [0.1, 0.15) is 41.3 Å². The minimum absolute atomic E-state index is 0.0673. The molecule has 0 atom stereocenters. The average Bonchev–Trinajstić information content (AvgIpc) is 3.50. The maximum absolute atomic E-state index is 14.1. The SMILES string of the molecule is CCNC(=O)c1ccc(CNC(=NC)NCC2(c3ccccc3F)CC2)cc1. The molecule has 0 aromatic heterocycles. The summed E-state index contributed by atoms with van der Waals surface area (Å²) >= 11 is 0. The number of carbonyl (C=O) groups is 1. The second kappa shape index (κ2) is 8.87. The van der Waals surface area contributed by atoms with Crippen LogP contribution < -0.4 is 16.0 Å². The Balaban J connectivity index is 1.53. The summed E-state index contributed by atoms with van der Waals surface area (Å²) in [4.78, 5) is 16.1. The summed E-state index contributed by atoms with van der Waals surface area (Å²) in [5.74, 6) is 0.467. The normalized spacial score (nSPS) is 15.0. The molecular weight excluding hydrogens is 355 g/mol. The van der Waals surface area contributed by atoms with Crippen molar-refractivity contribution in [3.63, 3.8) is 0 Å². The molecule has 1 aliphatic carbocycles. The van der Waals surface area contributed by atoms with Crippen molar-refractivity contribution in [3.05, 3.63) is 71.0 Å². The van der Waals surface area contributed by atoms with E-state index in [4.69, 9.17) is 0 Å². The van der Waals surface area contributed by atoms with Crippen LogP contribution in [0.2, 0.25) is 0 Å². The lowest BCUT2D eigenvalue weighted by atomic mass is 9.95. The zero-order valence-corrected chi connectivity index (χ0v) is 16.4. The molecule has 5 nitrogen and oxygen atoms in total. The van der Waals surface area contributed by atoms with Gasteiger partial charge in [0.1, 0.15) is 5.82 Å². The molecule has 3 rings (SSSR count). The van der Waals surface area contributed by atoms with Gasteiger partial charge in [0.25, 0.3) is 5.91 Å². The number of aliphatic imine (C=N–C) groups is 1. The first-order chi connectivity index (χ1) is 13.6. The average molecular weight is 382 g/mol.